The number of fused-ring (bicyclic) bond motifs is 3. The van der Waals surface area contributed by atoms with Crippen molar-refractivity contribution in [3.8, 4) is 11.1 Å². The molecule has 2 aliphatic heterocycles. The van der Waals surface area contributed by atoms with Crippen molar-refractivity contribution in [3.63, 3.8) is 0 Å². The number of aromatic nitrogens is 3. The summed E-state index contributed by atoms with van der Waals surface area (Å²) < 4.78 is 5.63. The number of hydrogen-bond acceptors (Lipinski definition) is 6. The third-order valence-corrected chi connectivity index (χ3v) is 6.35. The van der Waals surface area contributed by atoms with E-state index < -0.39 is 0 Å². The lowest BCUT2D eigenvalue weighted by Gasteiger charge is -2.26. The van der Waals surface area contributed by atoms with Gasteiger partial charge >= 0.3 is 0 Å². The number of nitrogens with one attached hydrogen (secondary N) is 1. The first-order valence-electron chi connectivity index (χ1n) is 11.2. The van der Waals surface area contributed by atoms with E-state index in [1.54, 1.807) is 5.01 Å². The van der Waals surface area contributed by atoms with Crippen LogP contribution in [0, 0.1) is 0 Å². The summed E-state index contributed by atoms with van der Waals surface area (Å²) in [5.41, 5.74) is 6.20. The zero-order valence-corrected chi connectivity index (χ0v) is 18.2. The number of benzene rings is 1. The Hall–Kier alpha value is -3.45. The highest BCUT2D eigenvalue weighted by Crippen LogP contribution is 2.29. The standard InChI is InChI=1S/C25H26N6O/c1-30-16-32-25(29-30)22-12-20-21-11-19(13-27-24(21)28-23(20)14-26-22)18-7-5-17(6-8-18)15-31-9-3-2-4-10-31/h5-8,11-14H,2-4,9-10,15-16H2,1H3,(H,27,28). The molecule has 0 radical (unpaired) electrons. The molecule has 32 heavy (non-hydrogen) atoms. The van der Waals surface area contributed by atoms with E-state index in [-0.39, 0.29) is 0 Å². The molecule has 0 amide bonds. The van der Waals surface area contributed by atoms with Crippen molar-refractivity contribution in [1.29, 1.82) is 0 Å². The van der Waals surface area contributed by atoms with Gasteiger partial charge in [-0.3, -0.25) is 9.91 Å². The Labute approximate surface area is 186 Å². The average molecular weight is 427 g/mol. The molecular formula is C25H26N6O. The number of hydrazone groups is 1. The number of likely N-dealkylation sites (tertiary alicyclic amines) is 1. The molecule has 0 aliphatic carbocycles. The van der Waals surface area contributed by atoms with E-state index in [2.05, 4.69) is 55.3 Å². The van der Waals surface area contributed by atoms with Gasteiger partial charge in [0.2, 0.25) is 0 Å². The van der Waals surface area contributed by atoms with Crippen LogP contribution in [-0.4, -0.2) is 57.6 Å². The van der Waals surface area contributed by atoms with E-state index in [1.807, 2.05) is 25.5 Å². The predicted molar refractivity (Wildman–Crippen MR) is 126 cm³/mol. The third-order valence-electron chi connectivity index (χ3n) is 6.35. The summed E-state index contributed by atoms with van der Waals surface area (Å²) in [5.74, 6) is 0.553. The van der Waals surface area contributed by atoms with E-state index >= 15 is 0 Å². The van der Waals surface area contributed by atoms with Gasteiger partial charge in [-0.1, -0.05) is 30.7 Å². The molecule has 0 spiro atoms. The first kappa shape index (κ1) is 19.3. The number of pyridine rings is 2. The number of ether oxygens (including phenoxy) is 1. The molecule has 0 saturated carbocycles. The van der Waals surface area contributed by atoms with Crippen molar-refractivity contribution in [2.45, 2.75) is 25.8 Å². The van der Waals surface area contributed by atoms with Gasteiger partial charge in [0.25, 0.3) is 5.90 Å². The highest BCUT2D eigenvalue weighted by molar-refractivity contribution is 6.09. The summed E-state index contributed by atoms with van der Waals surface area (Å²) in [4.78, 5) is 15.1. The predicted octanol–water partition coefficient (Wildman–Crippen LogP) is 4.35. The van der Waals surface area contributed by atoms with Gasteiger partial charge in [-0.25, -0.2) is 9.97 Å². The van der Waals surface area contributed by atoms with E-state index in [0.717, 1.165) is 39.7 Å². The summed E-state index contributed by atoms with van der Waals surface area (Å²) in [6, 6.07) is 13.1. The maximum atomic E-state index is 5.63. The fraction of sp³-hybridized carbons (Fsp3) is 0.320. The SMILES string of the molecule is CN1COC(c2cc3c(cn2)[nH]c2ncc(-c4ccc(CN5CCCCC5)cc4)cc23)=N1. The first-order chi connectivity index (χ1) is 15.7. The van der Waals surface area contributed by atoms with E-state index in [9.17, 15) is 0 Å². The van der Waals surface area contributed by atoms with E-state index in [0.29, 0.717) is 12.6 Å². The molecule has 4 aromatic rings. The van der Waals surface area contributed by atoms with Crippen LogP contribution in [0.4, 0.5) is 0 Å². The Balaban J connectivity index is 1.32. The van der Waals surface area contributed by atoms with Crippen LogP contribution < -0.4 is 0 Å². The second-order valence-electron chi connectivity index (χ2n) is 8.73. The lowest BCUT2D eigenvalue weighted by Crippen LogP contribution is -2.28. The highest BCUT2D eigenvalue weighted by Gasteiger charge is 2.17. The molecule has 2 aliphatic rings. The van der Waals surface area contributed by atoms with Crippen LogP contribution in [0.3, 0.4) is 0 Å². The molecule has 0 bridgehead atoms. The minimum absolute atomic E-state index is 0.447. The van der Waals surface area contributed by atoms with Crippen molar-refractivity contribution in [3.05, 3.63) is 60.0 Å². The van der Waals surface area contributed by atoms with Crippen molar-refractivity contribution in [1.82, 2.24) is 24.9 Å². The second kappa shape index (κ2) is 7.91. The minimum atomic E-state index is 0.447. The molecule has 5 heterocycles. The molecule has 0 unspecified atom stereocenters. The average Bonchev–Trinajstić information content (AvgIpc) is 3.43. The molecule has 1 N–H and O–H groups in total. The molecule has 162 valence electrons. The van der Waals surface area contributed by atoms with E-state index in [1.165, 1.54) is 43.5 Å². The maximum Gasteiger partial charge on any atom is 0.258 e. The quantitative estimate of drug-likeness (QED) is 0.526. The number of aromatic amines is 1. The van der Waals surface area contributed by atoms with Crippen LogP contribution in [0.15, 0.2) is 53.9 Å². The summed E-state index contributed by atoms with van der Waals surface area (Å²) >= 11 is 0. The van der Waals surface area contributed by atoms with Crippen LogP contribution in [-0.2, 0) is 11.3 Å². The fourth-order valence-corrected chi connectivity index (χ4v) is 4.62. The van der Waals surface area contributed by atoms with Gasteiger partial charge in [-0.05, 0) is 49.2 Å². The summed E-state index contributed by atoms with van der Waals surface area (Å²) in [5, 5.41) is 8.28. The van der Waals surface area contributed by atoms with E-state index in [4.69, 9.17) is 4.74 Å². The Morgan fingerprint density at radius 1 is 0.938 bits per heavy atom. The Morgan fingerprint density at radius 2 is 1.78 bits per heavy atom. The smallest absolute Gasteiger partial charge is 0.258 e. The van der Waals surface area contributed by atoms with Gasteiger partial charge in [-0.15, -0.1) is 5.10 Å². The number of nitrogens with zero attached hydrogens (tertiary/aromatic N) is 5. The third kappa shape index (κ3) is 3.58. The van der Waals surface area contributed by atoms with Gasteiger partial charge in [0.1, 0.15) is 11.3 Å². The molecular weight excluding hydrogens is 400 g/mol. The molecule has 1 aromatic carbocycles. The molecule has 7 heteroatoms. The molecule has 0 atom stereocenters. The number of hydrogen-bond donors (Lipinski definition) is 1. The van der Waals surface area contributed by atoms with Gasteiger partial charge in [0.05, 0.1) is 11.7 Å². The minimum Gasteiger partial charge on any atom is -0.452 e. The molecule has 1 fully saturated rings. The maximum absolute atomic E-state index is 5.63. The van der Waals surface area contributed by atoms with Gasteiger partial charge < -0.3 is 9.72 Å². The van der Waals surface area contributed by atoms with Crippen LogP contribution >= 0.6 is 0 Å². The van der Waals surface area contributed by atoms with Crippen LogP contribution in [0.2, 0.25) is 0 Å². The summed E-state index contributed by atoms with van der Waals surface area (Å²) in [7, 11) is 1.88. The van der Waals surface area contributed by atoms with Crippen LogP contribution in [0.25, 0.3) is 33.1 Å². The van der Waals surface area contributed by atoms with Crippen molar-refractivity contribution in [2.24, 2.45) is 5.10 Å². The highest BCUT2D eigenvalue weighted by atomic mass is 16.5. The van der Waals surface area contributed by atoms with Crippen molar-refractivity contribution >= 4 is 27.8 Å². The molecule has 6 rings (SSSR count). The largest absolute Gasteiger partial charge is 0.452 e. The van der Waals surface area contributed by atoms with Crippen LogP contribution in [0.1, 0.15) is 30.5 Å². The number of rotatable bonds is 4. The Kier molecular flexibility index (Phi) is 4.76. The fourth-order valence-electron chi connectivity index (χ4n) is 4.62. The normalized spacial score (nSPS) is 17.2. The Morgan fingerprint density at radius 3 is 2.56 bits per heavy atom. The number of piperidine rings is 1. The zero-order valence-electron chi connectivity index (χ0n) is 18.2. The monoisotopic (exact) mass is 426 g/mol. The second-order valence-corrected chi connectivity index (χ2v) is 8.73. The Bertz CT molecular complexity index is 1300. The number of H-pyrrole nitrogens is 1. The zero-order chi connectivity index (χ0) is 21.5. The van der Waals surface area contributed by atoms with Gasteiger partial charge in [0.15, 0.2) is 6.73 Å². The lowest BCUT2D eigenvalue weighted by atomic mass is 10.0. The first-order valence-corrected chi connectivity index (χ1v) is 11.2. The van der Waals surface area contributed by atoms with Crippen molar-refractivity contribution in [2.75, 3.05) is 26.9 Å². The molecule has 1 saturated heterocycles. The molecule has 7 nitrogen and oxygen atoms in total. The van der Waals surface area contributed by atoms with Gasteiger partial charge in [-0.2, -0.15) is 0 Å². The molecule has 3 aromatic heterocycles. The van der Waals surface area contributed by atoms with Crippen LogP contribution in [0.5, 0.6) is 0 Å². The topological polar surface area (TPSA) is 69.6 Å². The van der Waals surface area contributed by atoms with Crippen molar-refractivity contribution < 1.29 is 4.74 Å². The summed E-state index contributed by atoms with van der Waals surface area (Å²) in [6.07, 6.45) is 7.77. The van der Waals surface area contributed by atoms with Gasteiger partial charge in [0, 0.05) is 36.1 Å². The summed E-state index contributed by atoms with van der Waals surface area (Å²) in [6.45, 7) is 3.92. The lowest BCUT2D eigenvalue weighted by molar-refractivity contribution is 0.198.